The first-order chi connectivity index (χ1) is 9.92. The maximum absolute atomic E-state index is 11.1. The van der Waals surface area contributed by atoms with Crippen LogP contribution in [0.4, 0.5) is 5.69 Å². The number of ether oxygens (including phenoxy) is 1. The van der Waals surface area contributed by atoms with E-state index in [2.05, 4.69) is 22.6 Å². The number of hydrogen-bond donors (Lipinski definition) is 0. The molecule has 2 rings (SSSR count). The monoisotopic (exact) mass is 441 g/mol. The predicted octanol–water partition coefficient (Wildman–Crippen LogP) is 3.64. The second kappa shape index (κ2) is 6.63. The average Bonchev–Trinajstić information content (AvgIpc) is 2.39. The van der Waals surface area contributed by atoms with Crippen molar-refractivity contribution in [2.45, 2.75) is 0 Å². The minimum Gasteiger partial charge on any atom is -0.443 e. The summed E-state index contributed by atoms with van der Waals surface area (Å²) in [6, 6.07) is 6.18. The van der Waals surface area contributed by atoms with Gasteiger partial charge < -0.3 is 4.74 Å². The van der Waals surface area contributed by atoms with Crippen LogP contribution >= 0.6 is 45.8 Å². The van der Waals surface area contributed by atoms with Gasteiger partial charge in [-0.15, -0.1) is 0 Å². The Hall–Kier alpha value is -1.32. The van der Waals surface area contributed by atoms with Crippen molar-refractivity contribution < 1.29 is 19.2 Å². The topological polar surface area (TPSA) is 65.5 Å². The van der Waals surface area contributed by atoms with Gasteiger partial charge in [0.05, 0.1) is 11.0 Å². The fourth-order valence-corrected chi connectivity index (χ4v) is 2.88. The summed E-state index contributed by atoms with van der Waals surface area (Å²) >= 11 is 14.1. The molecule has 21 heavy (non-hydrogen) atoms. The Morgan fingerprint density at radius 2 is 2.05 bits per heavy atom. The predicted molar refractivity (Wildman–Crippen MR) is 85.0 cm³/mol. The Bertz CT molecular complexity index is 692. The zero-order chi connectivity index (χ0) is 15.6. The van der Waals surface area contributed by atoms with Crippen LogP contribution in [0.2, 0.25) is 10.2 Å². The van der Waals surface area contributed by atoms with Crippen LogP contribution in [0.5, 0.6) is 11.5 Å². The third kappa shape index (κ3) is 3.66. The quantitative estimate of drug-likeness (QED) is 0.239. The zero-order valence-electron chi connectivity index (χ0n) is 10.5. The molecule has 0 amide bonds. The minimum absolute atomic E-state index is 0.0540. The molecule has 0 aliphatic rings. The fourth-order valence-electron chi connectivity index (χ4n) is 1.57. The molecule has 0 N–H and O–H groups in total. The molecule has 0 aliphatic carbocycles. The number of nitrogens with zero attached hydrogens (tertiary/aromatic N) is 2. The lowest BCUT2D eigenvalue weighted by atomic mass is 10.3. The summed E-state index contributed by atoms with van der Waals surface area (Å²) in [5, 5.41) is 11.5. The van der Waals surface area contributed by atoms with E-state index in [1.54, 1.807) is 12.1 Å². The highest BCUT2D eigenvalue weighted by atomic mass is 127. The van der Waals surface area contributed by atoms with E-state index < -0.39 is 4.92 Å². The molecule has 0 unspecified atom stereocenters. The van der Waals surface area contributed by atoms with Crippen molar-refractivity contribution in [3.63, 3.8) is 0 Å². The first-order valence-corrected chi connectivity index (χ1v) is 7.33. The van der Waals surface area contributed by atoms with Gasteiger partial charge in [-0.2, -0.15) is 0 Å². The summed E-state index contributed by atoms with van der Waals surface area (Å²) in [4.78, 5) is 15.5. The molecule has 2 aromatic rings. The first-order valence-electron chi connectivity index (χ1n) is 5.49. The SMILES string of the molecule is CO[n+]1ccc([N+](=O)[O-])c(Oc2cc(Cl)cc(I)c2)c1Cl. The number of nitro groups is 1. The van der Waals surface area contributed by atoms with Crippen LogP contribution in [0, 0.1) is 13.7 Å². The van der Waals surface area contributed by atoms with E-state index in [1.165, 1.54) is 25.4 Å². The number of benzene rings is 1. The second-order valence-electron chi connectivity index (χ2n) is 3.79. The maximum atomic E-state index is 11.1. The molecule has 0 fully saturated rings. The molecular weight excluding hydrogens is 434 g/mol. The molecule has 1 heterocycles. The normalized spacial score (nSPS) is 10.3. The lowest BCUT2D eigenvalue weighted by molar-refractivity contribution is -0.883. The van der Waals surface area contributed by atoms with Crippen molar-refractivity contribution >= 4 is 51.5 Å². The molecule has 6 nitrogen and oxygen atoms in total. The Kier molecular flexibility index (Phi) is 5.07. The highest BCUT2D eigenvalue weighted by Gasteiger charge is 2.29. The van der Waals surface area contributed by atoms with Crippen molar-refractivity contribution in [1.82, 2.24) is 0 Å². The van der Waals surface area contributed by atoms with Gasteiger partial charge in [0.1, 0.15) is 12.9 Å². The van der Waals surface area contributed by atoms with E-state index in [1.807, 2.05) is 0 Å². The average molecular weight is 442 g/mol. The van der Waals surface area contributed by atoms with Crippen molar-refractivity contribution in [3.8, 4) is 11.5 Å². The molecule has 0 radical (unpaired) electrons. The van der Waals surface area contributed by atoms with Crippen LogP contribution in [-0.4, -0.2) is 12.0 Å². The van der Waals surface area contributed by atoms with Gasteiger partial charge in [0.15, 0.2) is 0 Å². The van der Waals surface area contributed by atoms with Crippen LogP contribution in [-0.2, 0) is 0 Å². The summed E-state index contributed by atoms with van der Waals surface area (Å²) in [6.07, 6.45) is 1.33. The van der Waals surface area contributed by atoms with Crippen LogP contribution in [0.3, 0.4) is 0 Å². The number of hydrogen-bond acceptors (Lipinski definition) is 4. The third-order valence-corrected chi connectivity index (χ3v) is 3.61. The third-order valence-electron chi connectivity index (χ3n) is 2.43. The number of halogens is 3. The summed E-state index contributed by atoms with van der Waals surface area (Å²) < 4.78 is 7.52. The number of pyridine rings is 1. The van der Waals surface area contributed by atoms with Gasteiger partial charge in [-0.3, -0.25) is 15.0 Å². The highest BCUT2D eigenvalue weighted by molar-refractivity contribution is 14.1. The van der Waals surface area contributed by atoms with Crippen LogP contribution < -0.4 is 14.3 Å². The lowest BCUT2D eigenvalue weighted by Crippen LogP contribution is -2.41. The smallest absolute Gasteiger partial charge is 0.374 e. The Morgan fingerprint density at radius 3 is 2.62 bits per heavy atom. The van der Waals surface area contributed by atoms with Gasteiger partial charge in [0.25, 0.3) is 5.75 Å². The Balaban J connectivity index is 2.53. The van der Waals surface area contributed by atoms with Crippen molar-refractivity contribution in [2.75, 3.05) is 7.11 Å². The minimum atomic E-state index is -0.587. The molecule has 110 valence electrons. The van der Waals surface area contributed by atoms with Gasteiger partial charge in [-0.1, -0.05) is 11.6 Å². The van der Waals surface area contributed by atoms with E-state index in [0.717, 1.165) is 8.30 Å². The zero-order valence-corrected chi connectivity index (χ0v) is 14.2. The Morgan fingerprint density at radius 1 is 1.33 bits per heavy atom. The van der Waals surface area contributed by atoms with Crippen molar-refractivity contribution in [3.05, 3.63) is 54.3 Å². The summed E-state index contributed by atoms with van der Waals surface area (Å²) in [5.74, 6) is 0.217. The van der Waals surface area contributed by atoms with Gasteiger partial charge in [-0.25, -0.2) is 0 Å². The summed E-state index contributed by atoms with van der Waals surface area (Å²) in [5.41, 5.74) is -0.275. The standard InChI is InChI=1S/C12H8Cl2IN2O4/c1-20-16-3-2-10(17(18)19)11(12(16)14)21-9-5-7(13)4-8(15)6-9/h2-6H,1H3/q+1. The van der Waals surface area contributed by atoms with Crippen molar-refractivity contribution in [2.24, 2.45) is 0 Å². The highest BCUT2D eigenvalue weighted by Crippen LogP contribution is 2.36. The number of aromatic nitrogens is 1. The lowest BCUT2D eigenvalue weighted by Gasteiger charge is -2.07. The van der Waals surface area contributed by atoms with Crippen LogP contribution in [0.25, 0.3) is 0 Å². The van der Waals surface area contributed by atoms with Crippen LogP contribution in [0.1, 0.15) is 0 Å². The molecule has 1 aromatic carbocycles. The van der Waals surface area contributed by atoms with Crippen LogP contribution in [0.15, 0.2) is 30.5 Å². The van der Waals surface area contributed by atoms with E-state index in [4.69, 9.17) is 32.8 Å². The molecule has 0 saturated heterocycles. The van der Waals surface area contributed by atoms with Gasteiger partial charge in [-0.05, 0) is 52.4 Å². The molecular formula is C12H8Cl2IN2O4+. The van der Waals surface area contributed by atoms with Gasteiger partial charge in [0, 0.05) is 13.3 Å². The van der Waals surface area contributed by atoms with E-state index in [-0.39, 0.29) is 16.6 Å². The largest absolute Gasteiger partial charge is 0.443 e. The molecule has 0 spiro atoms. The molecule has 0 bridgehead atoms. The van der Waals surface area contributed by atoms with Gasteiger partial charge in [0.2, 0.25) is 6.20 Å². The Labute approximate surface area is 143 Å². The van der Waals surface area contributed by atoms with E-state index in [0.29, 0.717) is 10.8 Å². The summed E-state index contributed by atoms with van der Waals surface area (Å²) in [7, 11) is 1.38. The molecule has 0 aliphatic heterocycles. The molecule has 9 heteroatoms. The molecule has 0 atom stereocenters. The van der Waals surface area contributed by atoms with Crippen molar-refractivity contribution in [1.29, 1.82) is 0 Å². The second-order valence-corrected chi connectivity index (χ2v) is 5.83. The summed E-state index contributed by atoms with van der Waals surface area (Å²) in [6.45, 7) is 0. The van der Waals surface area contributed by atoms with Gasteiger partial charge >= 0.3 is 10.8 Å². The first kappa shape index (κ1) is 16.1. The maximum Gasteiger partial charge on any atom is 0.374 e. The fraction of sp³-hybridized carbons (Fsp3) is 0.0833. The van der Waals surface area contributed by atoms with E-state index >= 15 is 0 Å². The molecule has 0 saturated carbocycles. The van der Waals surface area contributed by atoms with E-state index in [9.17, 15) is 10.1 Å². The number of rotatable bonds is 4. The molecule has 1 aromatic heterocycles.